The molecule has 10 nitrogen and oxygen atoms in total. The number of nitrogens with one attached hydrogen (secondary N) is 1. The van der Waals surface area contributed by atoms with Crippen LogP contribution in [0.4, 0.5) is 24.8 Å². The molecule has 0 bridgehead atoms. The van der Waals surface area contributed by atoms with Crippen LogP contribution >= 0.6 is 11.6 Å². The van der Waals surface area contributed by atoms with Crippen molar-refractivity contribution in [2.24, 2.45) is 0 Å². The smallest absolute Gasteiger partial charge is 0.268 e. The van der Waals surface area contributed by atoms with Crippen molar-refractivity contribution in [3.8, 4) is 0 Å². The van der Waals surface area contributed by atoms with Crippen LogP contribution in [0.25, 0.3) is 0 Å². The fraction of sp³-hybridized carbons (Fsp3) is 0.419. The van der Waals surface area contributed by atoms with Gasteiger partial charge in [-0.25, -0.2) is 23.1 Å². The number of benzene rings is 2. The number of aromatic nitrogens is 2. The number of hydrogen-bond acceptors (Lipinski definition) is 8. The zero-order valence-corrected chi connectivity index (χ0v) is 25.0. The summed E-state index contributed by atoms with van der Waals surface area (Å²) >= 11 is 5.86. The number of amides is 2. The molecule has 6 rings (SSSR count). The fourth-order valence-corrected chi connectivity index (χ4v) is 6.38. The van der Waals surface area contributed by atoms with Gasteiger partial charge in [0.25, 0.3) is 11.8 Å². The highest BCUT2D eigenvalue weighted by atomic mass is 35.5. The van der Waals surface area contributed by atoms with Crippen molar-refractivity contribution in [3.05, 3.63) is 82.4 Å². The molecular weight excluding hydrogens is 613 g/mol. The topological polar surface area (TPSA) is 111 Å². The van der Waals surface area contributed by atoms with E-state index in [1.165, 1.54) is 35.5 Å². The number of carbonyl (C=O) groups excluding carboxylic acids is 2. The maximum absolute atomic E-state index is 14.2. The fourth-order valence-electron chi connectivity index (χ4n) is 6.14. The molecule has 1 aromatic heterocycles. The van der Waals surface area contributed by atoms with E-state index in [1.807, 2.05) is 4.90 Å². The zero-order chi connectivity index (χ0) is 31.7. The van der Waals surface area contributed by atoms with Crippen molar-refractivity contribution in [2.45, 2.75) is 43.6 Å². The summed E-state index contributed by atoms with van der Waals surface area (Å²) in [6, 6.07) is 7.43. The molecule has 45 heavy (non-hydrogen) atoms. The summed E-state index contributed by atoms with van der Waals surface area (Å²) in [5.74, 6) is -2.68. The van der Waals surface area contributed by atoms with Crippen LogP contribution in [0, 0.1) is 17.5 Å². The van der Waals surface area contributed by atoms with Gasteiger partial charge in [-0.1, -0.05) is 11.6 Å². The van der Waals surface area contributed by atoms with Crippen LogP contribution in [-0.2, 0) is 20.9 Å². The molecule has 0 radical (unpaired) electrons. The molecule has 0 aliphatic carbocycles. The average Bonchev–Trinajstić information content (AvgIpc) is 3.35. The molecule has 3 aromatic rings. The summed E-state index contributed by atoms with van der Waals surface area (Å²) < 4.78 is 47.3. The van der Waals surface area contributed by atoms with E-state index in [-0.39, 0.29) is 36.1 Å². The highest BCUT2D eigenvalue weighted by Crippen LogP contribution is 2.33. The summed E-state index contributed by atoms with van der Waals surface area (Å²) in [5.41, 5.74) is -1.27. The van der Waals surface area contributed by atoms with Crippen molar-refractivity contribution in [1.29, 1.82) is 0 Å². The van der Waals surface area contributed by atoms with Gasteiger partial charge in [-0.2, -0.15) is 0 Å². The minimum atomic E-state index is -2.28. The van der Waals surface area contributed by atoms with Crippen molar-refractivity contribution in [1.82, 2.24) is 20.2 Å². The number of anilines is 2. The molecule has 238 valence electrons. The Kier molecular flexibility index (Phi) is 8.96. The number of piperazine rings is 1. The Balaban J connectivity index is 0.994. The van der Waals surface area contributed by atoms with Gasteiger partial charge in [0.05, 0.1) is 30.8 Å². The first kappa shape index (κ1) is 31.2. The largest absolute Gasteiger partial charge is 0.372 e. The van der Waals surface area contributed by atoms with Crippen LogP contribution in [0.3, 0.4) is 0 Å². The summed E-state index contributed by atoms with van der Waals surface area (Å²) in [4.78, 5) is 40.4. The minimum absolute atomic E-state index is 0.0894. The Labute approximate surface area is 262 Å². The maximum atomic E-state index is 14.2. The lowest BCUT2D eigenvalue weighted by molar-refractivity contribution is -0.149. The lowest BCUT2D eigenvalue weighted by Crippen LogP contribution is -2.53. The normalized spacial score (nSPS) is 24.2. The second kappa shape index (κ2) is 12.9. The summed E-state index contributed by atoms with van der Waals surface area (Å²) in [7, 11) is 0. The quantitative estimate of drug-likeness (QED) is 0.377. The number of carbonyl (C=O) groups is 2. The Hall–Kier alpha value is -3.78. The molecule has 1 unspecified atom stereocenters. The van der Waals surface area contributed by atoms with E-state index in [4.69, 9.17) is 16.3 Å². The lowest BCUT2D eigenvalue weighted by Gasteiger charge is -2.42. The van der Waals surface area contributed by atoms with Crippen LogP contribution in [-0.4, -0.2) is 82.8 Å². The highest BCUT2D eigenvalue weighted by Gasteiger charge is 2.51. The summed E-state index contributed by atoms with van der Waals surface area (Å²) in [6.07, 6.45) is 3.80. The molecule has 2 aromatic carbocycles. The first-order valence-electron chi connectivity index (χ1n) is 14.8. The van der Waals surface area contributed by atoms with E-state index in [2.05, 4.69) is 20.2 Å². The third-order valence-corrected chi connectivity index (χ3v) is 8.87. The van der Waals surface area contributed by atoms with Crippen LogP contribution < -0.4 is 15.1 Å². The van der Waals surface area contributed by atoms with Gasteiger partial charge >= 0.3 is 0 Å². The number of halogens is 4. The van der Waals surface area contributed by atoms with Gasteiger partial charge < -0.3 is 25.0 Å². The predicted molar refractivity (Wildman–Crippen MR) is 159 cm³/mol. The third-order valence-electron chi connectivity index (χ3n) is 8.65. The van der Waals surface area contributed by atoms with Crippen molar-refractivity contribution in [2.75, 3.05) is 49.1 Å². The first-order chi connectivity index (χ1) is 21.6. The molecule has 14 heteroatoms. The Morgan fingerprint density at radius 3 is 2.47 bits per heavy atom. The number of hydrogen-bond donors (Lipinski definition) is 2. The van der Waals surface area contributed by atoms with Gasteiger partial charge in [0, 0.05) is 62.3 Å². The highest BCUT2D eigenvalue weighted by molar-refractivity contribution is 6.30. The molecular formula is C31H32ClF3N6O4. The molecule has 3 fully saturated rings. The Morgan fingerprint density at radius 2 is 1.78 bits per heavy atom. The van der Waals surface area contributed by atoms with E-state index in [0.717, 1.165) is 37.7 Å². The van der Waals surface area contributed by atoms with Gasteiger partial charge in [0.2, 0.25) is 11.5 Å². The van der Waals surface area contributed by atoms with Gasteiger partial charge in [0.1, 0.15) is 17.5 Å². The molecule has 3 saturated heterocycles. The number of ether oxygens (including phenoxy) is 1. The van der Waals surface area contributed by atoms with Gasteiger partial charge in [0.15, 0.2) is 0 Å². The van der Waals surface area contributed by atoms with Gasteiger partial charge in [-0.15, -0.1) is 0 Å². The second-order valence-corrected chi connectivity index (χ2v) is 11.9. The molecule has 3 atom stereocenters. The second-order valence-electron chi connectivity index (χ2n) is 11.5. The first-order valence-corrected chi connectivity index (χ1v) is 15.1. The maximum Gasteiger partial charge on any atom is 0.268 e. The van der Waals surface area contributed by atoms with Gasteiger partial charge in [-0.3, -0.25) is 14.5 Å². The van der Waals surface area contributed by atoms with Crippen LogP contribution in [0.2, 0.25) is 5.02 Å². The van der Waals surface area contributed by atoms with E-state index in [9.17, 15) is 27.9 Å². The van der Waals surface area contributed by atoms with Crippen LogP contribution in [0.15, 0.2) is 48.8 Å². The van der Waals surface area contributed by atoms with E-state index < -0.39 is 41.0 Å². The Bertz CT molecular complexity index is 1550. The summed E-state index contributed by atoms with van der Waals surface area (Å²) in [5, 5.41) is 13.6. The minimum Gasteiger partial charge on any atom is -0.372 e. The van der Waals surface area contributed by atoms with Crippen LogP contribution in [0.1, 0.15) is 36.5 Å². The average molecular weight is 645 g/mol. The number of rotatable bonds is 7. The Morgan fingerprint density at radius 1 is 1.02 bits per heavy atom. The molecule has 2 N–H and O–H groups in total. The third kappa shape index (κ3) is 6.62. The van der Waals surface area contributed by atoms with E-state index in [0.29, 0.717) is 43.3 Å². The standard InChI is InChI=1S/C31H32ClF3N6O4/c32-20-11-19(12-22(34)13-20)15-36-28(42)31(44)5-6-41(29(31)43)24-16-37-30(38-17-24)40-9-7-39(8-10-40)23-2-4-27(45-18-23)25-14-21(33)1-3-26(25)35/h1,3,11-14,16-17,23,27,44H,2,4-10,15,18H2,(H,36,42)/t23-,27+,31?/m1/s1. The molecule has 4 heterocycles. The SMILES string of the molecule is O=C(NCc1cc(F)cc(Cl)c1)C1(O)CCN(c2cnc(N3CCN([C@@H]4CC[C@@H](c5cc(F)ccc5F)OC4)CC3)nc2)C1=O. The lowest BCUT2D eigenvalue weighted by atomic mass is 9.97. The van der Waals surface area contributed by atoms with Crippen molar-refractivity contribution in [3.63, 3.8) is 0 Å². The van der Waals surface area contributed by atoms with Crippen molar-refractivity contribution < 1.29 is 32.6 Å². The monoisotopic (exact) mass is 644 g/mol. The number of aliphatic hydroxyl groups is 1. The van der Waals surface area contributed by atoms with Gasteiger partial charge in [-0.05, 0) is 54.8 Å². The molecule has 2 amide bonds. The molecule has 3 aliphatic heterocycles. The molecule has 3 aliphatic rings. The predicted octanol–water partition coefficient (Wildman–Crippen LogP) is 3.37. The summed E-state index contributed by atoms with van der Waals surface area (Å²) in [6.45, 7) is 3.22. The van der Waals surface area contributed by atoms with E-state index >= 15 is 0 Å². The zero-order valence-electron chi connectivity index (χ0n) is 24.3. The molecule has 0 saturated carbocycles. The molecule has 0 spiro atoms. The number of nitrogens with zero attached hydrogens (tertiary/aromatic N) is 5. The van der Waals surface area contributed by atoms with Crippen molar-refractivity contribution >= 4 is 35.1 Å². The van der Waals surface area contributed by atoms with E-state index in [1.54, 1.807) is 0 Å². The van der Waals surface area contributed by atoms with Crippen LogP contribution in [0.5, 0.6) is 0 Å².